The second kappa shape index (κ2) is 9.74. The van der Waals surface area contributed by atoms with Gasteiger partial charge in [0.25, 0.3) is 0 Å². The molecule has 2 aliphatic heterocycles. The highest BCUT2D eigenvalue weighted by molar-refractivity contribution is 7.10. The first kappa shape index (κ1) is 21.7. The number of nitrogens with zero attached hydrogens (tertiary/aromatic N) is 4. The van der Waals surface area contributed by atoms with E-state index in [0.717, 1.165) is 22.9 Å². The third-order valence-electron chi connectivity index (χ3n) is 5.84. The predicted octanol–water partition coefficient (Wildman–Crippen LogP) is 2.29. The van der Waals surface area contributed by atoms with Crippen molar-refractivity contribution in [2.45, 2.75) is 39.3 Å². The number of aromatic nitrogens is 3. The number of fused-ring (bicyclic) bond motifs is 1. The van der Waals surface area contributed by atoms with Gasteiger partial charge in [-0.25, -0.2) is 0 Å². The standard InChI is InChI=1S/C22H29N5O3S/c1-15(2)20(23-22(29)16-8-12-30-14-16)21-25-24-18-7-9-26(10-11-27(18)21)19(28)6-5-17-4-3-13-31-17/h3-6,13,15-16,20H,7-12,14H2,1-2H3,(H,23,29)/b6-5+/t16-,20-/m1/s1. The molecule has 4 heterocycles. The molecule has 2 atom stereocenters. The van der Waals surface area contributed by atoms with Gasteiger partial charge in [0, 0.05) is 43.6 Å². The van der Waals surface area contributed by atoms with Crippen molar-refractivity contribution in [2.75, 3.05) is 26.3 Å². The number of rotatable bonds is 6. The summed E-state index contributed by atoms with van der Waals surface area (Å²) in [5.41, 5.74) is 0. The van der Waals surface area contributed by atoms with Crippen LogP contribution in [0.4, 0.5) is 0 Å². The van der Waals surface area contributed by atoms with Crippen LogP contribution >= 0.6 is 11.3 Å². The Balaban J connectivity index is 1.44. The Morgan fingerprint density at radius 1 is 1.29 bits per heavy atom. The molecule has 9 heteroatoms. The molecule has 0 spiro atoms. The Hall–Kier alpha value is -2.52. The Morgan fingerprint density at radius 3 is 2.87 bits per heavy atom. The van der Waals surface area contributed by atoms with Gasteiger partial charge in [-0.3, -0.25) is 9.59 Å². The monoisotopic (exact) mass is 443 g/mol. The Bertz CT molecular complexity index is 931. The lowest BCUT2D eigenvalue weighted by molar-refractivity contribution is -0.126. The molecule has 1 saturated heterocycles. The van der Waals surface area contributed by atoms with Crippen LogP contribution in [0.15, 0.2) is 23.6 Å². The topological polar surface area (TPSA) is 89.3 Å². The molecule has 1 N–H and O–H groups in total. The fourth-order valence-electron chi connectivity index (χ4n) is 3.98. The summed E-state index contributed by atoms with van der Waals surface area (Å²) in [6.07, 6.45) is 4.89. The molecule has 1 fully saturated rings. The van der Waals surface area contributed by atoms with E-state index < -0.39 is 0 Å². The van der Waals surface area contributed by atoms with Gasteiger partial charge in [0.2, 0.25) is 11.8 Å². The summed E-state index contributed by atoms with van der Waals surface area (Å²) in [6.45, 7) is 7.05. The van der Waals surface area contributed by atoms with Crippen molar-refractivity contribution >= 4 is 29.2 Å². The number of carbonyl (C=O) groups excluding carboxylic acids is 2. The van der Waals surface area contributed by atoms with E-state index in [1.165, 1.54) is 0 Å². The molecule has 166 valence electrons. The normalized spacial score (nSPS) is 20.1. The molecule has 0 aromatic carbocycles. The average molecular weight is 444 g/mol. The van der Waals surface area contributed by atoms with Crippen molar-refractivity contribution in [3.8, 4) is 0 Å². The summed E-state index contributed by atoms with van der Waals surface area (Å²) in [5, 5.41) is 14.0. The largest absolute Gasteiger partial charge is 0.381 e. The summed E-state index contributed by atoms with van der Waals surface area (Å²) in [4.78, 5) is 28.3. The Morgan fingerprint density at radius 2 is 2.16 bits per heavy atom. The van der Waals surface area contributed by atoms with E-state index in [1.807, 2.05) is 28.5 Å². The van der Waals surface area contributed by atoms with Crippen molar-refractivity contribution in [2.24, 2.45) is 11.8 Å². The molecule has 0 unspecified atom stereocenters. The zero-order chi connectivity index (χ0) is 21.8. The van der Waals surface area contributed by atoms with Crippen LogP contribution in [-0.2, 0) is 27.3 Å². The minimum absolute atomic E-state index is 0.00334. The molecule has 0 aliphatic carbocycles. The first-order chi connectivity index (χ1) is 15.0. The molecule has 0 radical (unpaired) electrons. The van der Waals surface area contributed by atoms with Crippen molar-refractivity contribution in [3.05, 3.63) is 40.1 Å². The zero-order valence-corrected chi connectivity index (χ0v) is 18.8. The maximum Gasteiger partial charge on any atom is 0.246 e. The lowest BCUT2D eigenvalue weighted by atomic mass is 10.0. The van der Waals surface area contributed by atoms with Gasteiger partial charge in [-0.1, -0.05) is 19.9 Å². The van der Waals surface area contributed by atoms with Gasteiger partial charge in [0.1, 0.15) is 5.82 Å². The fraction of sp³-hybridized carbons (Fsp3) is 0.545. The molecule has 0 bridgehead atoms. The number of hydrogen-bond acceptors (Lipinski definition) is 6. The van der Waals surface area contributed by atoms with Gasteiger partial charge >= 0.3 is 0 Å². The SMILES string of the molecule is CC(C)[C@@H](NC(=O)[C@@H]1CCOC1)c1nnc2n1CCN(C(=O)/C=C/c1cccs1)CC2. The third kappa shape index (κ3) is 5.04. The third-order valence-corrected chi connectivity index (χ3v) is 6.68. The van der Waals surface area contributed by atoms with Gasteiger partial charge < -0.3 is 19.5 Å². The lowest BCUT2D eigenvalue weighted by Crippen LogP contribution is -2.38. The number of hydrogen-bond donors (Lipinski definition) is 1. The summed E-state index contributed by atoms with van der Waals surface area (Å²) < 4.78 is 7.44. The molecule has 2 amide bonds. The molecule has 0 saturated carbocycles. The van der Waals surface area contributed by atoms with Gasteiger partial charge in [-0.05, 0) is 29.9 Å². The second-order valence-electron chi connectivity index (χ2n) is 8.34. The van der Waals surface area contributed by atoms with E-state index >= 15 is 0 Å². The predicted molar refractivity (Wildman–Crippen MR) is 118 cm³/mol. The van der Waals surface area contributed by atoms with Crippen molar-refractivity contribution < 1.29 is 14.3 Å². The van der Waals surface area contributed by atoms with Crippen LogP contribution in [0.2, 0.25) is 0 Å². The van der Waals surface area contributed by atoms with Crippen LogP contribution in [0.5, 0.6) is 0 Å². The molecule has 31 heavy (non-hydrogen) atoms. The highest BCUT2D eigenvalue weighted by atomic mass is 32.1. The highest BCUT2D eigenvalue weighted by Crippen LogP contribution is 2.24. The smallest absolute Gasteiger partial charge is 0.246 e. The summed E-state index contributed by atoms with van der Waals surface area (Å²) >= 11 is 1.61. The number of nitrogens with one attached hydrogen (secondary N) is 1. The van der Waals surface area contributed by atoms with Crippen LogP contribution < -0.4 is 5.32 Å². The zero-order valence-electron chi connectivity index (χ0n) is 18.0. The second-order valence-corrected chi connectivity index (χ2v) is 9.32. The van der Waals surface area contributed by atoms with Crippen molar-refractivity contribution in [1.29, 1.82) is 0 Å². The van der Waals surface area contributed by atoms with Crippen LogP contribution in [0.3, 0.4) is 0 Å². The van der Waals surface area contributed by atoms with E-state index in [1.54, 1.807) is 17.4 Å². The van der Waals surface area contributed by atoms with Gasteiger partial charge in [-0.2, -0.15) is 0 Å². The molecule has 4 rings (SSSR count). The van der Waals surface area contributed by atoms with Gasteiger partial charge in [0.05, 0.1) is 18.6 Å². The number of thiophene rings is 1. The van der Waals surface area contributed by atoms with Crippen LogP contribution in [0.1, 0.15) is 42.8 Å². The Labute approximate surface area is 186 Å². The van der Waals surface area contributed by atoms with E-state index in [-0.39, 0.29) is 29.7 Å². The maximum atomic E-state index is 12.7. The number of amides is 2. The molecular weight excluding hydrogens is 414 g/mol. The first-order valence-corrected chi connectivity index (χ1v) is 11.7. The fourth-order valence-corrected chi connectivity index (χ4v) is 4.60. The molecular formula is C22H29N5O3S. The van der Waals surface area contributed by atoms with Crippen LogP contribution in [0, 0.1) is 11.8 Å². The van der Waals surface area contributed by atoms with E-state index in [4.69, 9.17) is 4.74 Å². The van der Waals surface area contributed by atoms with E-state index in [0.29, 0.717) is 39.3 Å². The quantitative estimate of drug-likeness (QED) is 0.692. The molecule has 2 aliphatic rings. The van der Waals surface area contributed by atoms with Crippen molar-refractivity contribution in [1.82, 2.24) is 25.0 Å². The highest BCUT2D eigenvalue weighted by Gasteiger charge is 2.31. The Kier molecular flexibility index (Phi) is 6.82. The van der Waals surface area contributed by atoms with E-state index in [9.17, 15) is 9.59 Å². The maximum absolute atomic E-state index is 12.7. The van der Waals surface area contributed by atoms with Gasteiger partial charge in [0.15, 0.2) is 5.82 Å². The molecule has 2 aromatic heterocycles. The van der Waals surface area contributed by atoms with Crippen LogP contribution in [0.25, 0.3) is 6.08 Å². The summed E-state index contributed by atoms with van der Waals surface area (Å²) in [5.74, 6) is 1.70. The van der Waals surface area contributed by atoms with Crippen molar-refractivity contribution in [3.63, 3.8) is 0 Å². The molecule has 8 nitrogen and oxygen atoms in total. The number of carbonyl (C=O) groups is 2. The number of ether oxygens (including phenoxy) is 1. The summed E-state index contributed by atoms with van der Waals surface area (Å²) in [7, 11) is 0. The van der Waals surface area contributed by atoms with Crippen LogP contribution in [-0.4, -0.2) is 57.8 Å². The van der Waals surface area contributed by atoms with E-state index in [2.05, 4.69) is 33.9 Å². The average Bonchev–Trinajstić information content (AvgIpc) is 3.51. The molecule has 2 aromatic rings. The summed E-state index contributed by atoms with van der Waals surface area (Å²) in [6, 6.07) is 3.73. The minimum atomic E-state index is -0.227. The minimum Gasteiger partial charge on any atom is -0.381 e. The van der Waals surface area contributed by atoms with Gasteiger partial charge in [-0.15, -0.1) is 21.5 Å². The first-order valence-electron chi connectivity index (χ1n) is 10.8. The lowest BCUT2D eigenvalue weighted by Gasteiger charge is -2.24.